The molecule has 16 heavy (non-hydrogen) atoms. The van der Waals surface area contributed by atoms with Gasteiger partial charge in [0.1, 0.15) is 5.82 Å². The molecule has 0 atom stereocenters. The van der Waals surface area contributed by atoms with Gasteiger partial charge in [0.2, 0.25) is 0 Å². The zero-order chi connectivity index (χ0) is 11.8. The molecule has 0 aliphatic carbocycles. The van der Waals surface area contributed by atoms with Crippen molar-refractivity contribution in [1.82, 2.24) is 5.32 Å². The lowest BCUT2D eigenvalue weighted by Crippen LogP contribution is -2.28. The minimum atomic E-state index is -0.340. The quantitative estimate of drug-likeness (QED) is 0.676. The first-order valence-corrected chi connectivity index (χ1v) is 4.88. The zero-order valence-corrected chi connectivity index (χ0v) is 8.74. The number of benzene rings is 1. The lowest BCUT2D eigenvalue weighted by Gasteiger charge is -2.05. The maximum Gasteiger partial charge on any atom is 0.319 e. The van der Waals surface area contributed by atoms with Crippen molar-refractivity contribution in [3.8, 4) is 0 Å². The molecule has 0 spiro atoms. The van der Waals surface area contributed by atoms with E-state index < -0.39 is 0 Å². The summed E-state index contributed by atoms with van der Waals surface area (Å²) in [6.45, 7) is 0.853. The van der Waals surface area contributed by atoms with Gasteiger partial charge in [-0.2, -0.15) is 0 Å². The predicted octanol–water partition coefficient (Wildman–Crippen LogP) is 1.46. The zero-order valence-electron chi connectivity index (χ0n) is 8.74. The Bertz CT molecular complexity index is 362. The Kier molecular flexibility index (Phi) is 5.01. The van der Waals surface area contributed by atoms with Gasteiger partial charge in [0.15, 0.2) is 0 Å². The molecular formula is C11H14FN3O. The number of hydrogen-bond donors (Lipinski definition) is 3. The van der Waals surface area contributed by atoms with Crippen LogP contribution in [-0.2, 0) is 0 Å². The van der Waals surface area contributed by atoms with Crippen molar-refractivity contribution in [1.29, 1.82) is 0 Å². The first-order valence-electron chi connectivity index (χ1n) is 4.88. The van der Waals surface area contributed by atoms with Crippen LogP contribution in [0.3, 0.4) is 0 Å². The number of nitrogens with two attached hydrogens (primary N) is 1. The van der Waals surface area contributed by atoms with Crippen molar-refractivity contribution in [2.45, 2.75) is 0 Å². The molecule has 0 unspecified atom stereocenters. The number of carbonyl (C=O) groups excluding carboxylic acids is 1. The van der Waals surface area contributed by atoms with Crippen LogP contribution in [-0.4, -0.2) is 19.1 Å². The molecule has 0 radical (unpaired) electrons. The topological polar surface area (TPSA) is 67.1 Å². The molecule has 4 nitrogen and oxygen atoms in total. The Morgan fingerprint density at radius 2 is 2.00 bits per heavy atom. The largest absolute Gasteiger partial charge is 0.334 e. The molecule has 0 bridgehead atoms. The molecular weight excluding hydrogens is 209 g/mol. The van der Waals surface area contributed by atoms with Gasteiger partial charge >= 0.3 is 6.03 Å². The summed E-state index contributed by atoms with van der Waals surface area (Å²) in [6, 6.07) is 5.21. The Hall–Kier alpha value is -1.88. The third kappa shape index (κ3) is 4.56. The van der Waals surface area contributed by atoms with E-state index in [2.05, 4.69) is 10.6 Å². The summed E-state index contributed by atoms with van der Waals surface area (Å²) in [5.74, 6) is -0.336. The molecule has 0 aliphatic heterocycles. The highest BCUT2D eigenvalue weighted by atomic mass is 19.1. The maximum atomic E-state index is 12.6. The minimum Gasteiger partial charge on any atom is -0.334 e. The van der Waals surface area contributed by atoms with Crippen LogP contribution < -0.4 is 16.4 Å². The van der Waals surface area contributed by atoms with Gasteiger partial charge in [0.25, 0.3) is 0 Å². The van der Waals surface area contributed by atoms with Crippen molar-refractivity contribution in [2.24, 2.45) is 5.73 Å². The van der Waals surface area contributed by atoms with E-state index in [1.54, 1.807) is 12.2 Å². The smallest absolute Gasteiger partial charge is 0.319 e. The SMILES string of the molecule is NC/C=C/CNC(=O)Nc1ccc(F)cc1. The lowest BCUT2D eigenvalue weighted by atomic mass is 10.3. The summed E-state index contributed by atoms with van der Waals surface area (Å²) in [7, 11) is 0. The number of carbonyl (C=O) groups is 1. The minimum absolute atomic E-state index is 0.336. The Morgan fingerprint density at radius 3 is 2.62 bits per heavy atom. The Labute approximate surface area is 93.3 Å². The van der Waals surface area contributed by atoms with E-state index in [0.717, 1.165) is 0 Å². The van der Waals surface area contributed by atoms with Crippen LogP contribution >= 0.6 is 0 Å². The molecule has 1 aromatic rings. The standard InChI is InChI=1S/C11H14FN3O/c12-9-3-5-10(6-4-9)15-11(16)14-8-2-1-7-13/h1-6H,7-8,13H2,(H2,14,15,16)/b2-1+. The van der Waals surface area contributed by atoms with E-state index >= 15 is 0 Å². The van der Waals surface area contributed by atoms with Crippen molar-refractivity contribution in [3.63, 3.8) is 0 Å². The van der Waals surface area contributed by atoms with Gasteiger partial charge in [-0.1, -0.05) is 12.2 Å². The van der Waals surface area contributed by atoms with Gasteiger partial charge in [-0.25, -0.2) is 9.18 Å². The van der Waals surface area contributed by atoms with Gasteiger partial charge < -0.3 is 16.4 Å². The summed E-state index contributed by atoms with van der Waals surface area (Å²) in [6.07, 6.45) is 3.50. The molecule has 1 rings (SSSR count). The van der Waals surface area contributed by atoms with Crippen molar-refractivity contribution in [3.05, 3.63) is 42.2 Å². The van der Waals surface area contributed by atoms with Crippen LogP contribution in [0, 0.1) is 5.82 Å². The maximum absolute atomic E-state index is 12.6. The van der Waals surface area contributed by atoms with Gasteiger partial charge in [-0.05, 0) is 24.3 Å². The van der Waals surface area contributed by atoms with Crippen molar-refractivity contribution < 1.29 is 9.18 Å². The lowest BCUT2D eigenvalue weighted by molar-refractivity contribution is 0.253. The summed E-state index contributed by atoms with van der Waals surface area (Å²) >= 11 is 0. The van der Waals surface area contributed by atoms with Crippen LogP contribution in [0.15, 0.2) is 36.4 Å². The highest BCUT2D eigenvalue weighted by Gasteiger charge is 1.99. The first-order chi connectivity index (χ1) is 7.72. The van der Waals surface area contributed by atoms with Gasteiger partial charge in [-0.15, -0.1) is 0 Å². The van der Waals surface area contributed by atoms with E-state index in [4.69, 9.17) is 5.73 Å². The number of urea groups is 1. The van der Waals surface area contributed by atoms with Crippen LogP contribution in [0.5, 0.6) is 0 Å². The number of rotatable bonds is 4. The van der Waals surface area contributed by atoms with Crippen LogP contribution in [0.25, 0.3) is 0 Å². The van der Waals surface area contributed by atoms with E-state index in [1.165, 1.54) is 24.3 Å². The summed E-state index contributed by atoms with van der Waals surface area (Å²) in [5.41, 5.74) is 5.78. The molecule has 0 aromatic heterocycles. The number of halogens is 1. The highest BCUT2D eigenvalue weighted by Crippen LogP contribution is 2.07. The normalized spacial score (nSPS) is 10.4. The summed E-state index contributed by atoms with van der Waals surface area (Å²) < 4.78 is 12.6. The molecule has 4 N–H and O–H groups in total. The highest BCUT2D eigenvalue weighted by molar-refractivity contribution is 5.89. The van der Waals surface area contributed by atoms with Crippen molar-refractivity contribution >= 4 is 11.7 Å². The van der Waals surface area contributed by atoms with Crippen LogP contribution in [0.2, 0.25) is 0 Å². The van der Waals surface area contributed by atoms with E-state index in [1.807, 2.05) is 0 Å². The molecule has 5 heteroatoms. The fraction of sp³-hybridized carbons (Fsp3) is 0.182. The molecule has 0 saturated heterocycles. The third-order valence-electron chi connectivity index (χ3n) is 1.79. The fourth-order valence-electron chi connectivity index (χ4n) is 1.04. The second-order valence-electron chi connectivity index (χ2n) is 3.05. The molecule has 2 amide bonds. The number of nitrogens with one attached hydrogen (secondary N) is 2. The van der Waals surface area contributed by atoms with Crippen LogP contribution in [0.1, 0.15) is 0 Å². The van der Waals surface area contributed by atoms with Gasteiger partial charge in [0.05, 0.1) is 0 Å². The van der Waals surface area contributed by atoms with Crippen LogP contribution in [0.4, 0.5) is 14.9 Å². The Balaban J connectivity index is 2.34. The second kappa shape index (κ2) is 6.58. The predicted molar refractivity (Wildman–Crippen MR) is 61.6 cm³/mol. The Morgan fingerprint density at radius 1 is 1.31 bits per heavy atom. The fourth-order valence-corrected chi connectivity index (χ4v) is 1.04. The van der Waals surface area contributed by atoms with Gasteiger partial charge in [-0.3, -0.25) is 0 Å². The second-order valence-corrected chi connectivity index (χ2v) is 3.05. The number of amides is 2. The molecule has 0 fully saturated rings. The first kappa shape index (κ1) is 12.2. The average Bonchev–Trinajstić information content (AvgIpc) is 2.28. The molecule has 0 aliphatic rings. The average molecular weight is 223 g/mol. The van der Waals surface area contributed by atoms with E-state index in [-0.39, 0.29) is 11.8 Å². The third-order valence-corrected chi connectivity index (χ3v) is 1.79. The number of hydrogen-bond acceptors (Lipinski definition) is 2. The summed E-state index contributed by atoms with van der Waals surface area (Å²) in [4.78, 5) is 11.3. The molecule has 86 valence electrons. The number of anilines is 1. The van der Waals surface area contributed by atoms with E-state index in [9.17, 15) is 9.18 Å². The van der Waals surface area contributed by atoms with Gasteiger partial charge in [0, 0.05) is 18.8 Å². The molecule has 0 saturated carbocycles. The molecule has 0 heterocycles. The molecule has 1 aromatic carbocycles. The van der Waals surface area contributed by atoms with Crippen molar-refractivity contribution in [2.75, 3.05) is 18.4 Å². The summed E-state index contributed by atoms with van der Waals surface area (Å²) in [5, 5.41) is 5.16. The monoisotopic (exact) mass is 223 g/mol. The van der Waals surface area contributed by atoms with E-state index in [0.29, 0.717) is 18.8 Å².